The SMILES string of the molecule is O=C(O)C(O)C[SeH]. The Labute approximate surface area is 49.2 Å². The number of hydrogen-bond acceptors (Lipinski definition) is 2. The summed E-state index contributed by atoms with van der Waals surface area (Å²) in [6.45, 7) is 0. The van der Waals surface area contributed by atoms with Crippen LogP contribution in [-0.4, -0.2) is 38.3 Å². The van der Waals surface area contributed by atoms with E-state index in [2.05, 4.69) is 0 Å². The van der Waals surface area contributed by atoms with Crippen LogP contribution in [0.25, 0.3) is 0 Å². The molecule has 0 spiro atoms. The molecule has 0 radical (unpaired) electrons. The van der Waals surface area contributed by atoms with Crippen LogP contribution in [0.1, 0.15) is 0 Å². The van der Waals surface area contributed by atoms with Crippen molar-refractivity contribution < 1.29 is 15.0 Å². The monoisotopic (exact) mass is 170 g/mol. The van der Waals surface area contributed by atoms with Crippen molar-refractivity contribution in [3.05, 3.63) is 0 Å². The fourth-order valence-corrected chi connectivity index (χ4v) is 0.406. The number of carbonyl (C=O) groups is 1. The van der Waals surface area contributed by atoms with E-state index in [1.54, 1.807) is 0 Å². The van der Waals surface area contributed by atoms with Crippen LogP contribution in [0.3, 0.4) is 0 Å². The summed E-state index contributed by atoms with van der Waals surface area (Å²) >= 11 is 2.00. The van der Waals surface area contributed by atoms with Crippen molar-refractivity contribution in [2.45, 2.75) is 11.4 Å². The molecule has 0 aliphatic rings. The summed E-state index contributed by atoms with van der Waals surface area (Å²) in [6.07, 6.45) is -1.21. The molecule has 0 bridgehead atoms. The van der Waals surface area contributed by atoms with Crippen LogP contribution < -0.4 is 0 Å². The molecule has 42 valence electrons. The van der Waals surface area contributed by atoms with Crippen LogP contribution in [0, 0.1) is 0 Å². The first kappa shape index (κ1) is 6.95. The maximum absolute atomic E-state index is 9.67. The van der Waals surface area contributed by atoms with E-state index in [9.17, 15) is 4.79 Å². The van der Waals surface area contributed by atoms with Gasteiger partial charge < -0.3 is 0 Å². The average molecular weight is 169 g/mol. The summed E-state index contributed by atoms with van der Waals surface area (Å²) in [5, 5.41) is 16.5. The standard InChI is InChI=1S/C3H6O3Se/c4-2(1-7)3(5)6/h2,4,7H,1H2,(H,5,6). The van der Waals surface area contributed by atoms with Gasteiger partial charge in [-0.15, -0.1) is 0 Å². The molecule has 0 aromatic heterocycles. The number of carboxylic acid groups (broad SMARTS) is 1. The van der Waals surface area contributed by atoms with Crippen molar-refractivity contribution in [1.29, 1.82) is 0 Å². The Morgan fingerprint density at radius 3 is 2.29 bits per heavy atom. The minimum absolute atomic E-state index is 0.211. The van der Waals surface area contributed by atoms with E-state index in [1.165, 1.54) is 0 Å². The van der Waals surface area contributed by atoms with Gasteiger partial charge in [0.15, 0.2) is 0 Å². The van der Waals surface area contributed by atoms with E-state index in [1.807, 2.05) is 16.0 Å². The van der Waals surface area contributed by atoms with Gasteiger partial charge in [0.2, 0.25) is 0 Å². The third-order valence-electron chi connectivity index (χ3n) is 0.458. The van der Waals surface area contributed by atoms with Gasteiger partial charge in [0, 0.05) is 0 Å². The maximum atomic E-state index is 9.67. The van der Waals surface area contributed by atoms with E-state index in [0.29, 0.717) is 0 Å². The van der Waals surface area contributed by atoms with Crippen molar-refractivity contribution in [1.82, 2.24) is 0 Å². The topological polar surface area (TPSA) is 57.5 Å². The summed E-state index contributed by atoms with van der Waals surface area (Å²) in [4.78, 5) is 9.67. The average Bonchev–Trinajstić information content (AvgIpc) is 1.65. The molecule has 0 aromatic carbocycles. The first-order chi connectivity index (χ1) is 3.18. The van der Waals surface area contributed by atoms with Crippen LogP contribution in [0.5, 0.6) is 0 Å². The molecule has 0 aliphatic heterocycles. The molecule has 0 aromatic rings. The Kier molecular flexibility index (Phi) is 3.00. The molecule has 0 heterocycles. The molecule has 0 fully saturated rings. The molecule has 0 amide bonds. The van der Waals surface area contributed by atoms with Crippen LogP contribution in [0.2, 0.25) is 5.32 Å². The summed E-state index contributed by atoms with van der Waals surface area (Å²) in [5.41, 5.74) is 0. The Morgan fingerprint density at radius 1 is 1.86 bits per heavy atom. The van der Waals surface area contributed by atoms with Crippen LogP contribution >= 0.6 is 0 Å². The van der Waals surface area contributed by atoms with Gasteiger partial charge in [-0.1, -0.05) is 0 Å². The molecule has 2 N–H and O–H groups in total. The molecule has 0 aliphatic carbocycles. The summed E-state index contributed by atoms with van der Waals surface area (Å²) in [7, 11) is 0. The first-order valence-corrected chi connectivity index (χ1v) is 3.03. The zero-order valence-electron chi connectivity index (χ0n) is 3.53. The third kappa shape index (κ3) is 2.62. The molecule has 4 heteroatoms. The van der Waals surface area contributed by atoms with Gasteiger partial charge >= 0.3 is 48.4 Å². The first-order valence-electron chi connectivity index (χ1n) is 1.70. The molecule has 7 heavy (non-hydrogen) atoms. The molecular weight excluding hydrogens is 163 g/mol. The molecule has 1 atom stereocenters. The van der Waals surface area contributed by atoms with Gasteiger partial charge in [-0.2, -0.15) is 0 Å². The predicted molar refractivity (Wildman–Crippen MR) is 25.6 cm³/mol. The van der Waals surface area contributed by atoms with E-state index in [4.69, 9.17) is 10.2 Å². The number of hydrogen-bond donors (Lipinski definition) is 2. The fraction of sp³-hybridized carbons (Fsp3) is 0.667. The van der Waals surface area contributed by atoms with Crippen molar-refractivity contribution in [2.75, 3.05) is 0 Å². The van der Waals surface area contributed by atoms with E-state index >= 15 is 0 Å². The Morgan fingerprint density at radius 2 is 2.29 bits per heavy atom. The summed E-state index contributed by atoms with van der Waals surface area (Å²) in [6, 6.07) is 0. The number of rotatable bonds is 2. The second-order valence-corrected chi connectivity index (χ2v) is 1.80. The zero-order chi connectivity index (χ0) is 5.86. The Hall–Kier alpha value is -0.0505. The van der Waals surface area contributed by atoms with Gasteiger partial charge in [0.05, 0.1) is 0 Å². The normalized spacial score (nSPS) is 13.4. The fourth-order valence-electron chi connectivity index (χ4n) is 0.0781. The van der Waals surface area contributed by atoms with Crippen molar-refractivity contribution >= 4 is 22.0 Å². The van der Waals surface area contributed by atoms with Crippen LogP contribution in [0.4, 0.5) is 0 Å². The quantitative estimate of drug-likeness (QED) is 0.508. The summed E-state index contributed by atoms with van der Waals surface area (Å²) < 4.78 is 0. The Balaban J connectivity index is 3.34. The van der Waals surface area contributed by atoms with Gasteiger partial charge in [0.25, 0.3) is 0 Å². The van der Waals surface area contributed by atoms with E-state index in [0.717, 1.165) is 0 Å². The molecule has 0 saturated carbocycles. The van der Waals surface area contributed by atoms with Crippen LogP contribution in [0.15, 0.2) is 0 Å². The predicted octanol–water partition coefficient (Wildman–Crippen LogP) is -1.25. The second-order valence-electron chi connectivity index (χ2n) is 1.04. The number of aliphatic hydroxyl groups is 1. The van der Waals surface area contributed by atoms with E-state index < -0.39 is 12.1 Å². The summed E-state index contributed by atoms with van der Waals surface area (Å²) in [5.74, 6) is -1.17. The van der Waals surface area contributed by atoms with Crippen molar-refractivity contribution in [3.63, 3.8) is 0 Å². The Bertz CT molecular complexity index is 72.6. The minimum atomic E-state index is -1.21. The van der Waals surface area contributed by atoms with Gasteiger partial charge in [-0.05, 0) is 0 Å². The molecule has 0 rings (SSSR count). The zero-order valence-corrected chi connectivity index (χ0v) is 5.41. The van der Waals surface area contributed by atoms with E-state index in [-0.39, 0.29) is 5.32 Å². The van der Waals surface area contributed by atoms with Crippen LogP contribution in [-0.2, 0) is 4.79 Å². The molecule has 0 saturated heterocycles. The molecule has 3 nitrogen and oxygen atoms in total. The number of aliphatic hydroxyl groups excluding tert-OH is 1. The third-order valence-corrected chi connectivity index (χ3v) is 1.18. The number of aliphatic carboxylic acids is 1. The van der Waals surface area contributed by atoms with Crippen molar-refractivity contribution in [3.8, 4) is 0 Å². The van der Waals surface area contributed by atoms with Gasteiger partial charge in [-0.3, -0.25) is 0 Å². The molecule has 1 unspecified atom stereocenters. The van der Waals surface area contributed by atoms with Crippen molar-refractivity contribution in [2.24, 2.45) is 0 Å². The van der Waals surface area contributed by atoms with Gasteiger partial charge in [0.1, 0.15) is 0 Å². The second kappa shape index (κ2) is 3.02. The van der Waals surface area contributed by atoms with Gasteiger partial charge in [-0.25, -0.2) is 0 Å². The number of carboxylic acids is 1. The molecular formula is C3H6O3Se.